The molecule has 0 amide bonds. The van der Waals surface area contributed by atoms with E-state index in [1.54, 1.807) is 36.4 Å². The van der Waals surface area contributed by atoms with Crippen LogP contribution in [0.2, 0.25) is 10.0 Å². The molecule has 0 bridgehead atoms. The van der Waals surface area contributed by atoms with Crippen molar-refractivity contribution in [3.63, 3.8) is 0 Å². The Balaban J connectivity index is 2.33. The summed E-state index contributed by atoms with van der Waals surface area (Å²) in [4.78, 5) is -0.335. The van der Waals surface area contributed by atoms with E-state index in [2.05, 4.69) is 0 Å². The molecule has 0 saturated carbocycles. The van der Waals surface area contributed by atoms with Crippen molar-refractivity contribution in [2.45, 2.75) is 5.75 Å². The number of nitrogens with zero attached hydrogens (tertiary/aromatic N) is 1. The largest absolute Gasteiger partial charge is 0.497 e. The number of allylic oxidation sites excluding steroid dienone is 1. The van der Waals surface area contributed by atoms with E-state index in [1.807, 2.05) is 0 Å². The van der Waals surface area contributed by atoms with Crippen LogP contribution in [0.4, 0.5) is 0 Å². The molecule has 4 nitrogen and oxygen atoms in total. The monoisotopic (exact) mass is 381 g/mol. The number of sulfone groups is 1. The smallest absolute Gasteiger partial charge is 0.192 e. The fraction of sp³-hybridized carbons (Fsp3) is 0.118. The summed E-state index contributed by atoms with van der Waals surface area (Å²) in [6, 6.07) is 13.0. The molecule has 0 fully saturated rings. The molecule has 0 heterocycles. The summed E-state index contributed by atoms with van der Waals surface area (Å²) in [5.74, 6) is 0.264. The van der Waals surface area contributed by atoms with Crippen molar-refractivity contribution >= 4 is 39.1 Å². The number of nitriles is 1. The molecule has 0 aliphatic heterocycles. The molecule has 2 rings (SSSR count). The van der Waals surface area contributed by atoms with Gasteiger partial charge in [-0.2, -0.15) is 5.26 Å². The summed E-state index contributed by atoms with van der Waals surface area (Å²) in [5, 5.41) is 9.89. The Morgan fingerprint density at radius 2 is 1.88 bits per heavy atom. The van der Waals surface area contributed by atoms with E-state index in [-0.39, 0.29) is 15.7 Å². The van der Waals surface area contributed by atoms with Crippen LogP contribution >= 0.6 is 23.2 Å². The second-order valence-electron chi connectivity index (χ2n) is 4.89. The van der Waals surface area contributed by atoms with E-state index in [4.69, 9.17) is 27.9 Å². The van der Waals surface area contributed by atoms with Crippen molar-refractivity contribution in [2.24, 2.45) is 0 Å². The number of ether oxygens (including phenoxy) is 1. The second-order valence-corrected chi connectivity index (χ2v) is 7.69. The Morgan fingerprint density at radius 3 is 2.42 bits per heavy atom. The Kier molecular flexibility index (Phi) is 5.89. The lowest BCUT2D eigenvalue weighted by Gasteiger charge is -2.06. The molecule has 0 aliphatic carbocycles. The fourth-order valence-corrected chi connectivity index (χ4v) is 3.79. The molecule has 7 heteroatoms. The van der Waals surface area contributed by atoms with E-state index < -0.39 is 9.84 Å². The molecule has 0 atom stereocenters. The maximum Gasteiger partial charge on any atom is 0.192 e. The van der Waals surface area contributed by atoms with Gasteiger partial charge in [0.15, 0.2) is 9.84 Å². The first-order valence-electron chi connectivity index (χ1n) is 6.78. The van der Waals surface area contributed by atoms with Gasteiger partial charge in [-0.3, -0.25) is 0 Å². The normalized spacial score (nSPS) is 11.8. The predicted molar refractivity (Wildman–Crippen MR) is 95.7 cm³/mol. The summed E-state index contributed by atoms with van der Waals surface area (Å²) in [6.07, 6.45) is 1.32. The SMILES string of the molecule is COc1ccc(C=C(C#N)S(=O)(=O)Cc2ccc(Cl)cc2Cl)cc1. The molecule has 2 aromatic carbocycles. The number of rotatable bonds is 5. The van der Waals surface area contributed by atoms with Crippen LogP contribution in [0.3, 0.4) is 0 Å². The highest BCUT2D eigenvalue weighted by molar-refractivity contribution is 7.95. The van der Waals surface area contributed by atoms with Crippen molar-refractivity contribution in [1.82, 2.24) is 0 Å². The number of benzene rings is 2. The van der Waals surface area contributed by atoms with Gasteiger partial charge in [0, 0.05) is 10.0 Å². The van der Waals surface area contributed by atoms with Crippen LogP contribution in [0.5, 0.6) is 5.75 Å². The zero-order chi connectivity index (χ0) is 17.7. The molecule has 24 heavy (non-hydrogen) atoms. The van der Waals surface area contributed by atoms with Crippen molar-refractivity contribution in [3.05, 3.63) is 68.5 Å². The molecule has 124 valence electrons. The van der Waals surface area contributed by atoms with Crippen molar-refractivity contribution < 1.29 is 13.2 Å². The van der Waals surface area contributed by atoms with E-state index in [1.165, 1.54) is 25.3 Å². The lowest BCUT2D eigenvalue weighted by molar-refractivity contribution is 0.415. The minimum absolute atomic E-state index is 0.243. The summed E-state index contributed by atoms with van der Waals surface area (Å²) in [7, 11) is -2.30. The average molecular weight is 382 g/mol. The van der Waals surface area contributed by atoms with Crippen LogP contribution in [0.1, 0.15) is 11.1 Å². The number of hydrogen-bond donors (Lipinski definition) is 0. The van der Waals surface area contributed by atoms with E-state index in [0.717, 1.165) is 0 Å². The van der Waals surface area contributed by atoms with Gasteiger partial charge in [-0.05, 0) is 41.5 Å². The maximum atomic E-state index is 12.5. The van der Waals surface area contributed by atoms with Crippen LogP contribution in [0, 0.1) is 11.3 Å². The molecular weight excluding hydrogens is 369 g/mol. The number of methoxy groups -OCH3 is 1. The molecule has 0 aliphatic rings. The van der Waals surface area contributed by atoms with Gasteiger partial charge in [0.1, 0.15) is 16.7 Å². The average Bonchev–Trinajstić information content (AvgIpc) is 2.55. The molecule has 0 radical (unpaired) electrons. The topological polar surface area (TPSA) is 67.2 Å². The quantitative estimate of drug-likeness (QED) is 0.715. The van der Waals surface area contributed by atoms with Crippen LogP contribution < -0.4 is 4.74 Å². The summed E-state index contributed by atoms with van der Waals surface area (Å²) >= 11 is 11.8. The highest BCUT2D eigenvalue weighted by Gasteiger charge is 2.20. The first-order valence-corrected chi connectivity index (χ1v) is 9.19. The Hall–Kier alpha value is -2.00. The third-order valence-electron chi connectivity index (χ3n) is 3.22. The predicted octanol–water partition coefficient (Wildman–Crippen LogP) is 4.48. The Bertz CT molecular complexity index is 914. The van der Waals surface area contributed by atoms with Crippen LogP contribution in [0.25, 0.3) is 6.08 Å². The molecular formula is C17H13Cl2NO3S. The van der Waals surface area contributed by atoms with Gasteiger partial charge in [-0.25, -0.2) is 8.42 Å². The van der Waals surface area contributed by atoms with Gasteiger partial charge in [0.05, 0.1) is 12.9 Å². The van der Waals surface area contributed by atoms with Crippen molar-refractivity contribution in [1.29, 1.82) is 5.26 Å². The third-order valence-corrected chi connectivity index (χ3v) is 5.38. The van der Waals surface area contributed by atoms with Crippen molar-refractivity contribution in [2.75, 3.05) is 7.11 Å². The first kappa shape index (κ1) is 18.3. The second kappa shape index (κ2) is 7.71. The zero-order valence-corrected chi connectivity index (χ0v) is 15.0. The van der Waals surface area contributed by atoms with Crippen LogP contribution in [-0.2, 0) is 15.6 Å². The molecule has 0 N–H and O–H groups in total. The highest BCUT2D eigenvalue weighted by Crippen LogP contribution is 2.25. The van der Waals surface area contributed by atoms with Gasteiger partial charge < -0.3 is 4.74 Å². The number of hydrogen-bond acceptors (Lipinski definition) is 4. The van der Waals surface area contributed by atoms with E-state index in [0.29, 0.717) is 21.9 Å². The van der Waals surface area contributed by atoms with E-state index in [9.17, 15) is 13.7 Å². The Morgan fingerprint density at radius 1 is 1.21 bits per heavy atom. The minimum atomic E-state index is -3.83. The first-order chi connectivity index (χ1) is 11.4. The lowest BCUT2D eigenvalue weighted by Crippen LogP contribution is -2.07. The maximum absolute atomic E-state index is 12.5. The van der Waals surface area contributed by atoms with Gasteiger partial charge in [-0.1, -0.05) is 41.4 Å². The van der Waals surface area contributed by atoms with Crippen LogP contribution in [0.15, 0.2) is 47.4 Å². The van der Waals surface area contributed by atoms with E-state index >= 15 is 0 Å². The van der Waals surface area contributed by atoms with Crippen molar-refractivity contribution in [3.8, 4) is 11.8 Å². The lowest BCUT2D eigenvalue weighted by atomic mass is 10.2. The van der Waals surface area contributed by atoms with Gasteiger partial charge >= 0.3 is 0 Å². The number of halogens is 2. The fourth-order valence-electron chi connectivity index (χ4n) is 1.96. The molecule has 2 aromatic rings. The standard InChI is InChI=1S/C17H13Cl2NO3S/c1-23-15-6-2-12(3-7-15)8-16(10-20)24(21,22)11-13-4-5-14(18)9-17(13)19/h2-9H,11H2,1H3. The zero-order valence-electron chi connectivity index (χ0n) is 12.7. The van der Waals surface area contributed by atoms with Gasteiger partial charge in [0.25, 0.3) is 0 Å². The summed E-state index contributed by atoms with van der Waals surface area (Å²) < 4.78 is 30.0. The minimum Gasteiger partial charge on any atom is -0.497 e. The molecule has 0 saturated heterocycles. The molecule has 0 unspecified atom stereocenters. The van der Waals surface area contributed by atoms with Gasteiger partial charge in [0.2, 0.25) is 0 Å². The van der Waals surface area contributed by atoms with Gasteiger partial charge in [-0.15, -0.1) is 0 Å². The summed E-state index contributed by atoms with van der Waals surface area (Å²) in [6.45, 7) is 0. The molecule has 0 aromatic heterocycles. The Labute approximate surface area is 150 Å². The highest BCUT2D eigenvalue weighted by atomic mass is 35.5. The third kappa shape index (κ3) is 4.51. The molecule has 0 spiro atoms. The van der Waals surface area contributed by atoms with Crippen LogP contribution in [-0.4, -0.2) is 15.5 Å². The summed E-state index contributed by atoms with van der Waals surface area (Å²) in [5.41, 5.74) is 0.968.